The Morgan fingerprint density at radius 2 is 2.03 bits per heavy atom. The number of fused-ring (bicyclic) bond motifs is 2. The van der Waals surface area contributed by atoms with Crippen LogP contribution in [-0.4, -0.2) is 43.1 Å². The van der Waals surface area contributed by atoms with E-state index in [1.165, 1.54) is 45.2 Å². The van der Waals surface area contributed by atoms with Crippen molar-refractivity contribution in [1.29, 1.82) is 0 Å². The van der Waals surface area contributed by atoms with Gasteiger partial charge in [-0.1, -0.05) is 19.8 Å². The van der Waals surface area contributed by atoms with Crippen LogP contribution in [0.5, 0.6) is 5.75 Å². The molecule has 2 aliphatic rings. The third kappa shape index (κ3) is 5.34. The maximum Gasteiger partial charge on any atom is 0.336 e. The lowest BCUT2D eigenvalue weighted by Gasteiger charge is -2.44. The maximum absolute atomic E-state index is 12.6. The molecule has 2 aromatic rings. The number of nitrogens with zero attached hydrogens (tertiary/aromatic N) is 1. The number of benzene rings is 1. The van der Waals surface area contributed by atoms with Crippen LogP contribution in [0.4, 0.5) is 0 Å². The highest BCUT2D eigenvalue weighted by Gasteiger charge is 2.32. The van der Waals surface area contributed by atoms with E-state index < -0.39 is 0 Å². The summed E-state index contributed by atoms with van der Waals surface area (Å²) in [5.41, 5.74) is 2.04. The molecule has 6 nitrogen and oxygen atoms in total. The van der Waals surface area contributed by atoms with Gasteiger partial charge in [0.05, 0.1) is 5.39 Å². The first-order valence-electron chi connectivity index (χ1n) is 12.3. The van der Waals surface area contributed by atoms with Crippen LogP contribution in [0.15, 0.2) is 27.4 Å². The molecule has 1 aromatic heterocycles. The number of unbranched alkanes of at least 4 members (excludes halogenated alkanes) is 1. The first kappa shape index (κ1) is 22.8. The molecule has 0 unspecified atom stereocenters. The molecule has 0 spiro atoms. The fourth-order valence-corrected chi connectivity index (χ4v) is 5.40. The van der Waals surface area contributed by atoms with E-state index in [9.17, 15) is 9.59 Å². The summed E-state index contributed by atoms with van der Waals surface area (Å²) < 4.78 is 11.4. The van der Waals surface area contributed by atoms with Crippen molar-refractivity contribution in [2.45, 2.75) is 71.3 Å². The van der Waals surface area contributed by atoms with Gasteiger partial charge in [-0.3, -0.25) is 4.79 Å². The number of nitrogens with one attached hydrogen (secondary N) is 1. The zero-order valence-electron chi connectivity index (χ0n) is 19.5. The Hall–Kier alpha value is -2.34. The largest absolute Gasteiger partial charge is 0.483 e. The number of ether oxygens (including phenoxy) is 1. The minimum atomic E-state index is -0.345. The third-order valence-electron chi connectivity index (χ3n) is 6.98. The molecule has 6 heteroatoms. The Labute approximate surface area is 190 Å². The minimum Gasteiger partial charge on any atom is -0.483 e. The van der Waals surface area contributed by atoms with Crippen molar-refractivity contribution in [2.75, 3.05) is 26.2 Å². The summed E-state index contributed by atoms with van der Waals surface area (Å²) in [4.78, 5) is 27.3. The molecule has 1 amide bonds. The molecular weight excluding hydrogens is 404 g/mol. The van der Waals surface area contributed by atoms with Gasteiger partial charge >= 0.3 is 5.63 Å². The zero-order valence-corrected chi connectivity index (χ0v) is 19.5. The molecule has 2 aliphatic heterocycles. The smallest absolute Gasteiger partial charge is 0.336 e. The summed E-state index contributed by atoms with van der Waals surface area (Å²) in [5, 5.41) is 3.92. The quantitative estimate of drug-likeness (QED) is 0.623. The van der Waals surface area contributed by atoms with Gasteiger partial charge in [0.15, 0.2) is 6.61 Å². The Bertz CT molecular complexity index is 997. The van der Waals surface area contributed by atoms with Crippen molar-refractivity contribution in [1.82, 2.24) is 10.2 Å². The van der Waals surface area contributed by atoms with Crippen molar-refractivity contribution in [3.63, 3.8) is 0 Å². The standard InChI is InChI=1S/C26H36N2O4/c1-3-4-8-19-15-25(30)32-23-14-18(2)13-22(26(19)23)31-17-24(29)27-16-20-9-7-12-28-11-6-5-10-21(20)28/h13-15,20-21H,3-12,16-17H2,1-2H3,(H,27,29)/t20-,21-/m1/s1. The second-order valence-electron chi connectivity index (χ2n) is 9.42. The number of carbonyl (C=O) groups excluding carboxylic acids is 1. The van der Waals surface area contributed by atoms with Gasteiger partial charge in [-0.05, 0) is 87.7 Å². The van der Waals surface area contributed by atoms with Crippen LogP contribution < -0.4 is 15.7 Å². The normalized spacial score (nSPS) is 21.3. The van der Waals surface area contributed by atoms with Crippen LogP contribution >= 0.6 is 0 Å². The topological polar surface area (TPSA) is 71.8 Å². The van der Waals surface area contributed by atoms with E-state index in [0.29, 0.717) is 29.8 Å². The molecule has 2 saturated heterocycles. The number of hydrogen-bond donors (Lipinski definition) is 1. The van der Waals surface area contributed by atoms with Crippen molar-refractivity contribution in [3.8, 4) is 5.75 Å². The molecule has 3 heterocycles. The molecule has 1 aromatic carbocycles. The molecule has 0 radical (unpaired) electrons. The van der Waals surface area contributed by atoms with Crippen molar-refractivity contribution < 1.29 is 13.9 Å². The fraction of sp³-hybridized carbons (Fsp3) is 0.615. The lowest BCUT2D eigenvalue weighted by Crippen LogP contribution is -2.51. The van der Waals surface area contributed by atoms with Crippen LogP contribution in [0.2, 0.25) is 0 Å². The number of amides is 1. The molecule has 2 fully saturated rings. The van der Waals surface area contributed by atoms with E-state index in [4.69, 9.17) is 9.15 Å². The summed E-state index contributed by atoms with van der Waals surface area (Å²) in [7, 11) is 0. The summed E-state index contributed by atoms with van der Waals surface area (Å²) in [6, 6.07) is 5.95. The number of hydrogen-bond acceptors (Lipinski definition) is 5. The number of carbonyl (C=O) groups is 1. The van der Waals surface area contributed by atoms with E-state index in [1.807, 2.05) is 19.1 Å². The molecule has 32 heavy (non-hydrogen) atoms. The third-order valence-corrected chi connectivity index (χ3v) is 6.98. The lowest BCUT2D eigenvalue weighted by molar-refractivity contribution is -0.123. The van der Waals surface area contributed by atoms with E-state index >= 15 is 0 Å². The Morgan fingerprint density at radius 3 is 2.88 bits per heavy atom. The highest BCUT2D eigenvalue weighted by atomic mass is 16.5. The second kappa shape index (κ2) is 10.5. The number of rotatable bonds is 8. The molecular formula is C26H36N2O4. The Kier molecular flexibility index (Phi) is 7.51. The van der Waals surface area contributed by atoms with Crippen LogP contribution in [0.25, 0.3) is 11.0 Å². The second-order valence-corrected chi connectivity index (χ2v) is 9.42. The van der Waals surface area contributed by atoms with Gasteiger partial charge in [0.1, 0.15) is 11.3 Å². The maximum atomic E-state index is 12.6. The van der Waals surface area contributed by atoms with Gasteiger partial charge in [0.2, 0.25) is 0 Å². The fourth-order valence-electron chi connectivity index (χ4n) is 5.40. The predicted octanol–water partition coefficient (Wildman–Crippen LogP) is 4.20. The van der Waals surface area contributed by atoms with Gasteiger partial charge in [-0.25, -0.2) is 4.79 Å². The molecule has 2 atom stereocenters. The molecule has 174 valence electrons. The van der Waals surface area contributed by atoms with E-state index in [2.05, 4.69) is 17.1 Å². The first-order chi connectivity index (χ1) is 15.5. The van der Waals surface area contributed by atoms with Crippen LogP contribution in [-0.2, 0) is 11.2 Å². The highest BCUT2D eigenvalue weighted by molar-refractivity contribution is 5.88. The average Bonchev–Trinajstić information content (AvgIpc) is 2.79. The van der Waals surface area contributed by atoms with E-state index in [-0.39, 0.29) is 18.1 Å². The Balaban J connectivity index is 1.42. The zero-order chi connectivity index (χ0) is 22.5. The van der Waals surface area contributed by atoms with Crippen LogP contribution in [0, 0.1) is 12.8 Å². The summed E-state index contributed by atoms with van der Waals surface area (Å²) in [6.07, 6.45) is 9.04. The minimum absolute atomic E-state index is 0.0357. The van der Waals surface area contributed by atoms with Crippen molar-refractivity contribution in [3.05, 3.63) is 39.7 Å². The molecule has 0 aliphatic carbocycles. The molecule has 4 rings (SSSR count). The van der Waals surface area contributed by atoms with Crippen molar-refractivity contribution in [2.24, 2.45) is 5.92 Å². The lowest BCUT2D eigenvalue weighted by atomic mass is 9.83. The predicted molar refractivity (Wildman–Crippen MR) is 126 cm³/mol. The van der Waals surface area contributed by atoms with E-state index in [0.717, 1.165) is 35.8 Å². The highest BCUT2D eigenvalue weighted by Crippen LogP contribution is 2.32. The van der Waals surface area contributed by atoms with Crippen molar-refractivity contribution >= 4 is 16.9 Å². The van der Waals surface area contributed by atoms with Crippen LogP contribution in [0.1, 0.15) is 63.0 Å². The Morgan fingerprint density at radius 1 is 1.19 bits per heavy atom. The number of aryl methyl sites for hydroxylation is 2. The monoisotopic (exact) mass is 440 g/mol. The van der Waals surface area contributed by atoms with Gasteiger partial charge < -0.3 is 19.4 Å². The van der Waals surface area contributed by atoms with E-state index in [1.54, 1.807) is 6.07 Å². The van der Waals surface area contributed by atoms with Gasteiger partial charge in [-0.15, -0.1) is 0 Å². The summed E-state index contributed by atoms with van der Waals surface area (Å²) in [6.45, 7) is 7.15. The summed E-state index contributed by atoms with van der Waals surface area (Å²) in [5.74, 6) is 1.05. The molecule has 1 N–H and O–H groups in total. The molecule has 0 saturated carbocycles. The average molecular weight is 441 g/mol. The van der Waals surface area contributed by atoms with Gasteiger partial charge in [0.25, 0.3) is 5.91 Å². The molecule has 0 bridgehead atoms. The van der Waals surface area contributed by atoms with Gasteiger partial charge in [0, 0.05) is 18.7 Å². The SMILES string of the molecule is CCCCc1cc(=O)oc2cc(C)cc(OCC(=O)NC[C@H]3CCCN4CCCC[C@H]34)c12. The van der Waals surface area contributed by atoms with Gasteiger partial charge in [-0.2, -0.15) is 0 Å². The first-order valence-corrected chi connectivity index (χ1v) is 12.3. The van der Waals surface area contributed by atoms with Crippen LogP contribution in [0.3, 0.4) is 0 Å². The number of piperidine rings is 2. The summed E-state index contributed by atoms with van der Waals surface area (Å²) >= 11 is 0.